The van der Waals surface area contributed by atoms with Gasteiger partial charge in [-0.2, -0.15) is 13.2 Å². The van der Waals surface area contributed by atoms with Gasteiger partial charge in [-0.3, -0.25) is 9.59 Å². The molecule has 0 unspecified atom stereocenters. The number of hydrogen-bond acceptors (Lipinski definition) is 3. The van der Waals surface area contributed by atoms with Crippen molar-refractivity contribution in [1.82, 2.24) is 10.6 Å². The summed E-state index contributed by atoms with van der Waals surface area (Å²) in [6.07, 6.45) is -1.17. The number of rotatable bonds is 6. The summed E-state index contributed by atoms with van der Waals surface area (Å²) >= 11 is 0. The van der Waals surface area contributed by atoms with Gasteiger partial charge >= 0.3 is 6.18 Å². The number of amides is 2. The molecule has 3 N–H and O–H groups in total. The zero-order valence-corrected chi connectivity index (χ0v) is 15.9. The quantitative estimate of drug-likeness (QED) is 0.652. The third-order valence-corrected chi connectivity index (χ3v) is 6.55. The molecule has 3 fully saturated rings. The van der Waals surface area contributed by atoms with E-state index in [-0.39, 0.29) is 35.3 Å². The van der Waals surface area contributed by atoms with E-state index in [9.17, 15) is 27.9 Å². The molecular formula is C19H29F3N2O3. The molecule has 0 radical (unpaired) electrons. The Morgan fingerprint density at radius 1 is 1.19 bits per heavy atom. The van der Waals surface area contributed by atoms with Crippen LogP contribution in [-0.2, 0) is 9.59 Å². The van der Waals surface area contributed by atoms with Gasteiger partial charge < -0.3 is 15.7 Å². The molecule has 2 amide bonds. The fraction of sp³-hybridized carbons (Fsp3) is 0.895. The summed E-state index contributed by atoms with van der Waals surface area (Å²) in [7, 11) is 0. The van der Waals surface area contributed by atoms with E-state index in [4.69, 9.17) is 0 Å². The number of carbonyl (C=O) groups is 2. The average molecular weight is 390 g/mol. The van der Waals surface area contributed by atoms with Crippen LogP contribution >= 0.6 is 0 Å². The molecule has 154 valence electrons. The van der Waals surface area contributed by atoms with Gasteiger partial charge in [-0.15, -0.1) is 0 Å². The van der Waals surface area contributed by atoms with E-state index < -0.39 is 23.9 Å². The Morgan fingerprint density at radius 2 is 1.89 bits per heavy atom. The molecule has 5 atom stereocenters. The number of aliphatic hydroxyl groups excluding tert-OH is 1. The predicted molar refractivity (Wildman–Crippen MR) is 92.5 cm³/mol. The molecule has 0 bridgehead atoms. The molecule has 8 heteroatoms. The highest BCUT2D eigenvalue weighted by Crippen LogP contribution is 2.67. The molecule has 3 aliphatic carbocycles. The van der Waals surface area contributed by atoms with E-state index in [0.717, 1.165) is 32.1 Å². The third-order valence-electron chi connectivity index (χ3n) is 6.55. The van der Waals surface area contributed by atoms with Crippen molar-refractivity contribution >= 4 is 11.8 Å². The Labute approximate surface area is 157 Å². The van der Waals surface area contributed by atoms with E-state index in [1.165, 1.54) is 13.8 Å². The van der Waals surface area contributed by atoms with Crippen LogP contribution in [0.2, 0.25) is 0 Å². The Morgan fingerprint density at radius 3 is 2.44 bits per heavy atom. The van der Waals surface area contributed by atoms with Crippen molar-refractivity contribution in [2.75, 3.05) is 6.54 Å². The zero-order valence-electron chi connectivity index (χ0n) is 15.9. The topological polar surface area (TPSA) is 78.4 Å². The summed E-state index contributed by atoms with van der Waals surface area (Å²) in [6.45, 7) is 2.94. The van der Waals surface area contributed by atoms with E-state index >= 15 is 0 Å². The van der Waals surface area contributed by atoms with Crippen molar-refractivity contribution in [3.63, 3.8) is 0 Å². The predicted octanol–water partition coefficient (Wildman–Crippen LogP) is 2.53. The zero-order chi connectivity index (χ0) is 20.0. The molecule has 0 aromatic carbocycles. The summed E-state index contributed by atoms with van der Waals surface area (Å²) in [5.41, 5.74) is -1.84. The molecule has 5 nitrogen and oxygen atoms in total. The molecule has 0 aromatic heterocycles. The second-order valence-electron chi connectivity index (χ2n) is 9.33. The molecule has 0 heterocycles. The number of alkyl halides is 3. The standard InChI is InChI=1S/C19H29F3N2O3/c1-17(2,10-19(20,21)22)15(26)23-9-11-4-3-5-12(6-11)24-16(27)18-7-13(18)14(25)8-18/h11-14,25H,3-10H2,1-2H3,(H,23,26)(H,24,27)/t11-,12+,13+,14-,18+/m1/s1. The van der Waals surface area contributed by atoms with Crippen LogP contribution in [-0.4, -0.2) is 41.8 Å². The van der Waals surface area contributed by atoms with Crippen LogP contribution in [0.15, 0.2) is 0 Å². The third kappa shape index (κ3) is 4.41. The minimum atomic E-state index is -4.38. The van der Waals surface area contributed by atoms with Gasteiger partial charge in [0.25, 0.3) is 0 Å². The summed E-state index contributed by atoms with van der Waals surface area (Å²) in [5.74, 6) is -0.297. The minimum Gasteiger partial charge on any atom is -0.393 e. The Kier molecular flexibility index (Phi) is 5.25. The molecule has 0 aromatic rings. The van der Waals surface area contributed by atoms with Crippen molar-refractivity contribution in [1.29, 1.82) is 0 Å². The lowest BCUT2D eigenvalue weighted by atomic mass is 9.80. The smallest absolute Gasteiger partial charge is 0.390 e. The normalized spacial score (nSPS) is 35.6. The lowest BCUT2D eigenvalue weighted by molar-refractivity contribution is -0.164. The number of nitrogens with one attached hydrogen (secondary N) is 2. The van der Waals surface area contributed by atoms with Gasteiger partial charge in [0.2, 0.25) is 11.8 Å². The number of halogens is 3. The van der Waals surface area contributed by atoms with Crippen LogP contribution in [0.5, 0.6) is 0 Å². The highest BCUT2D eigenvalue weighted by molar-refractivity contribution is 5.88. The second-order valence-corrected chi connectivity index (χ2v) is 9.33. The maximum atomic E-state index is 12.6. The van der Waals surface area contributed by atoms with Crippen LogP contribution < -0.4 is 10.6 Å². The van der Waals surface area contributed by atoms with Crippen LogP contribution in [0.25, 0.3) is 0 Å². The Balaban J connectivity index is 1.43. The first-order chi connectivity index (χ1) is 12.4. The van der Waals surface area contributed by atoms with Crippen LogP contribution in [0.4, 0.5) is 13.2 Å². The highest BCUT2D eigenvalue weighted by atomic mass is 19.4. The number of hydrogen-bond donors (Lipinski definition) is 3. The summed E-state index contributed by atoms with van der Waals surface area (Å²) in [5, 5.41) is 15.3. The van der Waals surface area contributed by atoms with Crippen molar-refractivity contribution in [3.8, 4) is 0 Å². The molecule has 3 aliphatic rings. The van der Waals surface area contributed by atoms with Crippen molar-refractivity contribution in [3.05, 3.63) is 0 Å². The summed E-state index contributed by atoms with van der Waals surface area (Å²) in [6, 6.07) is 0.0321. The lowest BCUT2D eigenvalue weighted by Crippen LogP contribution is -2.49. The summed E-state index contributed by atoms with van der Waals surface area (Å²) in [4.78, 5) is 24.6. The average Bonchev–Trinajstić information content (AvgIpc) is 3.17. The van der Waals surface area contributed by atoms with Gasteiger partial charge in [-0.1, -0.05) is 20.3 Å². The molecule has 3 rings (SSSR count). The van der Waals surface area contributed by atoms with Crippen LogP contribution in [0.3, 0.4) is 0 Å². The van der Waals surface area contributed by atoms with Crippen molar-refractivity contribution in [2.45, 2.75) is 77.1 Å². The van der Waals surface area contributed by atoms with Crippen molar-refractivity contribution in [2.24, 2.45) is 22.7 Å². The highest BCUT2D eigenvalue weighted by Gasteiger charge is 2.71. The summed E-state index contributed by atoms with van der Waals surface area (Å²) < 4.78 is 37.8. The van der Waals surface area contributed by atoms with E-state index in [1.807, 2.05) is 0 Å². The van der Waals surface area contributed by atoms with Gasteiger partial charge in [0.15, 0.2) is 0 Å². The molecule has 0 spiro atoms. The number of fused-ring (bicyclic) bond motifs is 1. The van der Waals surface area contributed by atoms with E-state index in [0.29, 0.717) is 13.0 Å². The molecule has 27 heavy (non-hydrogen) atoms. The first kappa shape index (κ1) is 20.4. The lowest BCUT2D eigenvalue weighted by Gasteiger charge is -2.35. The fourth-order valence-electron chi connectivity index (χ4n) is 4.78. The van der Waals surface area contributed by atoms with Gasteiger partial charge in [0.05, 0.1) is 23.4 Å². The molecule has 0 aliphatic heterocycles. The number of aliphatic hydroxyl groups is 1. The second kappa shape index (κ2) is 6.94. The monoisotopic (exact) mass is 390 g/mol. The SMILES string of the molecule is CC(C)(CC(F)(F)F)C(=O)NC[C@@H]1CCC[C@H](NC(=O)[C@@]23C[C@@H](O)[C@@H]2C3)C1. The maximum absolute atomic E-state index is 12.6. The van der Waals surface area contributed by atoms with Gasteiger partial charge in [0, 0.05) is 18.5 Å². The Bertz CT molecular complexity index is 607. The maximum Gasteiger partial charge on any atom is 0.390 e. The van der Waals surface area contributed by atoms with Gasteiger partial charge in [0.1, 0.15) is 0 Å². The first-order valence-electron chi connectivity index (χ1n) is 9.77. The van der Waals surface area contributed by atoms with Crippen molar-refractivity contribution < 1.29 is 27.9 Å². The van der Waals surface area contributed by atoms with Gasteiger partial charge in [-0.25, -0.2) is 0 Å². The molecule has 0 saturated heterocycles. The van der Waals surface area contributed by atoms with Crippen LogP contribution in [0.1, 0.15) is 58.8 Å². The molecular weight excluding hydrogens is 361 g/mol. The minimum absolute atomic E-state index is 0.0267. The van der Waals surface area contributed by atoms with Gasteiger partial charge in [-0.05, 0) is 38.0 Å². The fourth-order valence-corrected chi connectivity index (χ4v) is 4.78. The largest absolute Gasteiger partial charge is 0.393 e. The van der Waals surface area contributed by atoms with E-state index in [1.54, 1.807) is 0 Å². The first-order valence-corrected chi connectivity index (χ1v) is 9.77. The molecule has 3 saturated carbocycles. The van der Waals surface area contributed by atoms with E-state index in [2.05, 4.69) is 10.6 Å². The van der Waals surface area contributed by atoms with Crippen LogP contribution in [0, 0.1) is 22.7 Å². The number of carbonyl (C=O) groups excluding carboxylic acids is 2. The Hall–Kier alpha value is -1.31.